The Kier molecular flexibility index (Phi) is 11.5. The summed E-state index contributed by atoms with van der Waals surface area (Å²) in [5, 5.41) is 11.7. The molecule has 0 spiro atoms. The fourth-order valence-electron chi connectivity index (χ4n) is 3.76. The molecule has 0 radical (unpaired) electrons. The monoisotopic (exact) mass is 519 g/mol. The molecule has 8 heteroatoms. The van der Waals surface area contributed by atoms with Crippen molar-refractivity contribution in [3.63, 3.8) is 0 Å². The molecule has 2 N–H and O–H groups in total. The highest BCUT2D eigenvalue weighted by atomic mass is 127. The Bertz CT molecular complexity index is 617. The highest BCUT2D eigenvalue weighted by molar-refractivity contribution is 14.0. The molecule has 168 valence electrons. The highest BCUT2D eigenvalue weighted by Crippen LogP contribution is 2.17. The van der Waals surface area contributed by atoms with Crippen molar-refractivity contribution in [2.45, 2.75) is 98.3 Å². The molecule has 0 aromatic carbocycles. The summed E-state index contributed by atoms with van der Waals surface area (Å²) in [6.07, 6.45) is 3.10. The lowest BCUT2D eigenvalue weighted by Gasteiger charge is -2.30. The Labute approximate surface area is 194 Å². The predicted molar refractivity (Wildman–Crippen MR) is 132 cm³/mol. The Balaban J connectivity index is 0.00000420. The first-order chi connectivity index (χ1) is 13.3. The number of aromatic nitrogens is 3. The summed E-state index contributed by atoms with van der Waals surface area (Å²) in [4.78, 5) is 12.0. The van der Waals surface area contributed by atoms with Gasteiger partial charge in [-0.2, -0.15) is 5.10 Å². The minimum atomic E-state index is 0. The molecule has 1 aliphatic heterocycles. The second-order valence-corrected chi connectivity index (χ2v) is 8.64. The number of rotatable bonds is 9. The molecule has 7 nitrogen and oxygen atoms in total. The largest absolute Gasteiger partial charge is 0.357 e. The number of nitrogens with one attached hydrogen (secondary N) is 2. The number of nitrogens with zero attached hydrogens (tertiary/aromatic N) is 5. The van der Waals surface area contributed by atoms with E-state index in [1.54, 1.807) is 0 Å². The van der Waals surface area contributed by atoms with Crippen LogP contribution in [0.3, 0.4) is 0 Å². The van der Waals surface area contributed by atoms with E-state index in [-0.39, 0.29) is 24.0 Å². The van der Waals surface area contributed by atoms with E-state index >= 15 is 0 Å². The summed E-state index contributed by atoms with van der Waals surface area (Å²) in [5.74, 6) is 3.36. The summed E-state index contributed by atoms with van der Waals surface area (Å²) < 4.78 is 2.07. The number of hydrogen-bond donors (Lipinski definition) is 2. The molecule has 2 rings (SSSR count). The summed E-state index contributed by atoms with van der Waals surface area (Å²) >= 11 is 0. The number of hydrogen-bond acceptors (Lipinski definition) is 4. The summed E-state index contributed by atoms with van der Waals surface area (Å²) in [7, 11) is 0. The Hall–Kier alpha value is -0.900. The zero-order valence-corrected chi connectivity index (χ0v) is 21.7. The number of fused-ring (bicyclic) bond motifs is 1. The van der Waals surface area contributed by atoms with Gasteiger partial charge in [0.2, 0.25) is 0 Å². The third-order valence-electron chi connectivity index (χ3n) is 5.25. The van der Waals surface area contributed by atoms with Crippen molar-refractivity contribution >= 4 is 29.9 Å². The molecule has 0 amide bonds. The summed E-state index contributed by atoms with van der Waals surface area (Å²) in [6, 6.07) is 1.49. The number of aliphatic imine (C=N–C) groups is 1. The van der Waals surface area contributed by atoms with E-state index in [0.717, 1.165) is 63.0 Å². The average molecular weight is 520 g/mol. The quantitative estimate of drug-likeness (QED) is 0.227. The fraction of sp³-hybridized carbons (Fsp3) is 0.857. The molecule has 2 heterocycles. The maximum Gasteiger partial charge on any atom is 0.191 e. The number of guanidine groups is 1. The molecule has 0 saturated heterocycles. The van der Waals surface area contributed by atoms with E-state index in [0.29, 0.717) is 24.0 Å². The van der Waals surface area contributed by atoms with Gasteiger partial charge in [0, 0.05) is 50.1 Å². The van der Waals surface area contributed by atoms with Crippen LogP contribution in [0.2, 0.25) is 0 Å². The van der Waals surface area contributed by atoms with Crippen LogP contribution in [0.5, 0.6) is 0 Å². The van der Waals surface area contributed by atoms with Gasteiger partial charge >= 0.3 is 0 Å². The molecule has 1 aromatic rings. The molecule has 29 heavy (non-hydrogen) atoms. The Morgan fingerprint density at radius 1 is 1.21 bits per heavy atom. The number of halogens is 1. The first-order valence-corrected chi connectivity index (χ1v) is 11.1. The van der Waals surface area contributed by atoms with E-state index in [4.69, 9.17) is 4.99 Å². The highest BCUT2D eigenvalue weighted by Gasteiger charge is 2.23. The first-order valence-electron chi connectivity index (χ1n) is 11.1. The molecule has 1 aromatic heterocycles. The molecular weight excluding hydrogens is 477 g/mol. The molecule has 1 atom stereocenters. The van der Waals surface area contributed by atoms with Gasteiger partial charge in [0.25, 0.3) is 0 Å². The molecule has 1 aliphatic rings. The van der Waals surface area contributed by atoms with E-state index < -0.39 is 0 Å². The minimum absolute atomic E-state index is 0. The van der Waals surface area contributed by atoms with Crippen molar-refractivity contribution in [1.82, 2.24) is 30.3 Å². The van der Waals surface area contributed by atoms with Crippen LogP contribution in [0.15, 0.2) is 4.99 Å². The van der Waals surface area contributed by atoms with Gasteiger partial charge < -0.3 is 10.6 Å². The smallest absolute Gasteiger partial charge is 0.191 e. The Morgan fingerprint density at radius 2 is 1.90 bits per heavy atom. The van der Waals surface area contributed by atoms with Crippen LogP contribution in [0.25, 0.3) is 0 Å². The van der Waals surface area contributed by atoms with Crippen LogP contribution in [0, 0.1) is 0 Å². The lowest BCUT2D eigenvalue weighted by molar-refractivity contribution is 0.174. The van der Waals surface area contributed by atoms with Gasteiger partial charge in [0.05, 0.1) is 6.54 Å². The van der Waals surface area contributed by atoms with E-state index in [9.17, 15) is 0 Å². The summed E-state index contributed by atoms with van der Waals surface area (Å²) in [5.41, 5.74) is 0. The molecular formula is C21H42IN7. The number of aryl methyl sites for hydroxylation is 1. The van der Waals surface area contributed by atoms with Gasteiger partial charge in [-0.3, -0.25) is 9.89 Å². The van der Waals surface area contributed by atoms with E-state index in [1.807, 2.05) is 0 Å². The molecule has 1 unspecified atom stereocenters. The van der Waals surface area contributed by atoms with Gasteiger partial charge in [-0.05, 0) is 47.5 Å². The van der Waals surface area contributed by atoms with Crippen molar-refractivity contribution in [3.05, 3.63) is 11.6 Å². The Morgan fingerprint density at radius 3 is 2.48 bits per heavy atom. The zero-order valence-electron chi connectivity index (χ0n) is 19.4. The minimum Gasteiger partial charge on any atom is -0.357 e. The first kappa shape index (κ1) is 26.1. The fourth-order valence-corrected chi connectivity index (χ4v) is 3.76. The second kappa shape index (κ2) is 12.7. The normalized spacial score (nSPS) is 17.1. The van der Waals surface area contributed by atoms with Crippen LogP contribution in [-0.4, -0.2) is 63.4 Å². The van der Waals surface area contributed by atoms with Crippen LogP contribution < -0.4 is 10.6 Å². The standard InChI is InChI=1S/C21H41N7.HI/c1-8-22-21(23-12-9-13-27(16(4)5)17(6)7)24-18-10-11-19-25-20(15(2)3)26-28(19)14-18;/h15-18H,8-14H2,1-7H3,(H2,22,23,24);1H. The summed E-state index contributed by atoms with van der Waals surface area (Å²) in [6.45, 7) is 19.1. The zero-order chi connectivity index (χ0) is 20.7. The molecule has 0 bridgehead atoms. The van der Waals surface area contributed by atoms with Crippen molar-refractivity contribution in [3.8, 4) is 0 Å². The van der Waals surface area contributed by atoms with E-state index in [2.05, 4.69) is 78.8 Å². The maximum absolute atomic E-state index is 4.81. The average Bonchev–Trinajstić information content (AvgIpc) is 3.04. The van der Waals surface area contributed by atoms with Crippen LogP contribution in [0.4, 0.5) is 0 Å². The van der Waals surface area contributed by atoms with Crippen molar-refractivity contribution in [2.24, 2.45) is 4.99 Å². The molecule has 0 fully saturated rings. The van der Waals surface area contributed by atoms with Gasteiger partial charge in [0.15, 0.2) is 11.8 Å². The van der Waals surface area contributed by atoms with Gasteiger partial charge in [0.1, 0.15) is 5.82 Å². The predicted octanol–water partition coefficient (Wildman–Crippen LogP) is 3.40. The second-order valence-electron chi connectivity index (χ2n) is 8.64. The van der Waals surface area contributed by atoms with Gasteiger partial charge in [-0.15, -0.1) is 24.0 Å². The maximum atomic E-state index is 4.81. The topological polar surface area (TPSA) is 70.4 Å². The lowest BCUT2D eigenvalue weighted by atomic mass is 10.1. The van der Waals surface area contributed by atoms with E-state index in [1.165, 1.54) is 0 Å². The van der Waals surface area contributed by atoms with Crippen molar-refractivity contribution in [2.75, 3.05) is 19.6 Å². The third kappa shape index (κ3) is 8.03. The van der Waals surface area contributed by atoms with Gasteiger partial charge in [-0.1, -0.05) is 13.8 Å². The van der Waals surface area contributed by atoms with Crippen LogP contribution >= 0.6 is 24.0 Å². The molecule has 0 aliphatic carbocycles. The van der Waals surface area contributed by atoms with Crippen molar-refractivity contribution in [1.29, 1.82) is 0 Å². The van der Waals surface area contributed by atoms with Crippen LogP contribution in [-0.2, 0) is 13.0 Å². The van der Waals surface area contributed by atoms with Gasteiger partial charge in [-0.25, -0.2) is 9.67 Å². The lowest BCUT2D eigenvalue weighted by Crippen LogP contribution is -2.47. The molecule has 0 saturated carbocycles. The SMILES string of the molecule is CCNC(=NCCCN(C(C)C)C(C)C)NC1CCc2nc(C(C)C)nn2C1.I. The van der Waals surface area contributed by atoms with Crippen molar-refractivity contribution < 1.29 is 0 Å². The third-order valence-corrected chi connectivity index (χ3v) is 5.25. The van der Waals surface area contributed by atoms with Crippen LogP contribution in [0.1, 0.15) is 78.9 Å².